The van der Waals surface area contributed by atoms with Crippen LogP contribution in [0.15, 0.2) is 48.5 Å². The molecule has 0 radical (unpaired) electrons. The fraction of sp³-hybridized carbons (Fsp3) is 0.316. The molecule has 0 spiro atoms. The van der Waals surface area contributed by atoms with Crippen molar-refractivity contribution in [2.45, 2.75) is 31.7 Å². The monoisotopic (exact) mass is 347 g/mol. The highest BCUT2D eigenvalue weighted by Gasteiger charge is 2.28. The molecule has 2 unspecified atom stereocenters. The van der Waals surface area contributed by atoms with Gasteiger partial charge < -0.3 is 4.55 Å². The second-order valence-electron chi connectivity index (χ2n) is 6.18. The average molecular weight is 347 g/mol. The van der Waals surface area contributed by atoms with Gasteiger partial charge in [-0.05, 0) is 37.5 Å². The van der Waals surface area contributed by atoms with Crippen LogP contribution in [0.1, 0.15) is 36.7 Å². The van der Waals surface area contributed by atoms with Crippen LogP contribution in [0.3, 0.4) is 0 Å². The number of carbonyl (C=O) groups excluding carboxylic acids is 1. The van der Waals surface area contributed by atoms with Crippen LogP contribution in [0.2, 0.25) is 0 Å². The van der Waals surface area contributed by atoms with Gasteiger partial charge in [0.05, 0.1) is 6.54 Å². The summed E-state index contributed by atoms with van der Waals surface area (Å²) in [7, 11) is 0. The lowest BCUT2D eigenvalue weighted by molar-refractivity contribution is 0.112. The smallest absolute Gasteiger partial charge is 0.150 e. The maximum atomic E-state index is 14.8. The number of hydrogen-bond donors (Lipinski definition) is 1. The molecule has 3 nitrogen and oxygen atoms in total. The van der Waals surface area contributed by atoms with E-state index >= 15 is 0 Å². The SMILES string of the molecule is CC(C)[S+]([O-])NCC(C)(F)c1ccc(-c2ccc(C=O)cc2)cc1. The summed E-state index contributed by atoms with van der Waals surface area (Å²) in [6.07, 6.45) is 0.801. The van der Waals surface area contributed by atoms with Gasteiger partial charge in [0.15, 0.2) is 0 Å². The number of alkyl halides is 1. The highest BCUT2D eigenvalue weighted by atomic mass is 32.2. The lowest BCUT2D eigenvalue weighted by atomic mass is 9.95. The Labute approximate surface area is 145 Å². The largest absolute Gasteiger partial charge is 0.598 e. The van der Waals surface area contributed by atoms with E-state index in [1.165, 1.54) is 6.92 Å². The van der Waals surface area contributed by atoms with Gasteiger partial charge in [0.25, 0.3) is 0 Å². The number of benzene rings is 2. The molecule has 24 heavy (non-hydrogen) atoms. The molecule has 0 aromatic heterocycles. The minimum absolute atomic E-state index is 0.00876. The van der Waals surface area contributed by atoms with E-state index in [4.69, 9.17) is 0 Å². The van der Waals surface area contributed by atoms with Gasteiger partial charge in [0.2, 0.25) is 0 Å². The van der Waals surface area contributed by atoms with Gasteiger partial charge in [-0.2, -0.15) is 0 Å². The van der Waals surface area contributed by atoms with Crippen LogP contribution in [0.4, 0.5) is 4.39 Å². The zero-order valence-electron chi connectivity index (χ0n) is 14.1. The molecule has 0 saturated heterocycles. The van der Waals surface area contributed by atoms with E-state index in [1.807, 2.05) is 38.1 Å². The molecule has 0 bridgehead atoms. The molecule has 0 aliphatic heterocycles. The molecule has 128 valence electrons. The highest BCUT2D eigenvalue weighted by Crippen LogP contribution is 2.28. The molecule has 1 N–H and O–H groups in total. The molecule has 5 heteroatoms. The minimum atomic E-state index is -1.61. The Balaban J connectivity index is 2.10. The molecule has 0 aliphatic carbocycles. The van der Waals surface area contributed by atoms with Crippen LogP contribution in [-0.4, -0.2) is 22.6 Å². The van der Waals surface area contributed by atoms with Gasteiger partial charge in [-0.15, -0.1) is 4.72 Å². The average Bonchev–Trinajstić information content (AvgIpc) is 2.60. The first-order valence-corrected chi connectivity index (χ1v) is 9.04. The van der Waals surface area contributed by atoms with Crippen molar-refractivity contribution in [2.24, 2.45) is 0 Å². The molecule has 0 amide bonds. The van der Waals surface area contributed by atoms with Crippen LogP contribution in [0.5, 0.6) is 0 Å². The second kappa shape index (κ2) is 7.92. The number of aldehydes is 1. The molecular weight excluding hydrogens is 325 g/mol. The van der Waals surface area contributed by atoms with Crippen molar-refractivity contribution < 1.29 is 13.7 Å². The molecule has 0 aliphatic rings. The Kier molecular flexibility index (Phi) is 6.15. The van der Waals surface area contributed by atoms with E-state index in [-0.39, 0.29) is 11.8 Å². The quantitative estimate of drug-likeness (QED) is 0.608. The molecule has 2 rings (SSSR count). The first-order chi connectivity index (χ1) is 11.3. The normalized spacial score (nSPS) is 15.1. The van der Waals surface area contributed by atoms with E-state index in [0.717, 1.165) is 17.4 Å². The number of halogens is 1. The Bertz CT molecular complexity index is 669. The predicted molar refractivity (Wildman–Crippen MR) is 97.0 cm³/mol. The Hall–Kier alpha value is -1.69. The molecule has 0 fully saturated rings. The number of hydrogen-bond acceptors (Lipinski definition) is 3. The van der Waals surface area contributed by atoms with Crippen molar-refractivity contribution in [3.8, 4) is 11.1 Å². The van der Waals surface area contributed by atoms with Gasteiger partial charge in [-0.1, -0.05) is 48.5 Å². The molecule has 2 aromatic carbocycles. The summed E-state index contributed by atoms with van der Waals surface area (Å²) in [4.78, 5) is 10.7. The van der Waals surface area contributed by atoms with Crippen molar-refractivity contribution in [1.29, 1.82) is 0 Å². The Morgan fingerprint density at radius 2 is 1.62 bits per heavy atom. The number of carbonyl (C=O) groups is 1. The topological polar surface area (TPSA) is 52.2 Å². The third kappa shape index (κ3) is 4.66. The van der Waals surface area contributed by atoms with Crippen LogP contribution < -0.4 is 4.72 Å². The standard InChI is InChI=1S/C19H22FNO2S/c1-14(2)24(23)21-13-19(3,20)18-10-8-17(9-11-18)16-6-4-15(12-22)5-7-16/h4-12,14,21H,13H2,1-3H3. The van der Waals surface area contributed by atoms with E-state index in [0.29, 0.717) is 11.1 Å². The van der Waals surface area contributed by atoms with Gasteiger partial charge in [0.1, 0.15) is 17.2 Å². The fourth-order valence-electron chi connectivity index (χ4n) is 2.24. The molecule has 0 heterocycles. The zero-order chi connectivity index (χ0) is 17.7. The van der Waals surface area contributed by atoms with Crippen molar-refractivity contribution in [2.75, 3.05) is 6.54 Å². The molecule has 2 aromatic rings. The van der Waals surface area contributed by atoms with Crippen LogP contribution in [0.25, 0.3) is 11.1 Å². The van der Waals surface area contributed by atoms with E-state index in [9.17, 15) is 13.7 Å². The second-order valence-corrected chi connectivity index (χ2v) is 8.01. The fourth-order valence-corrected chi connectivity index (χ4v) is 2.99. The van der Waals surface area contributed by atoms with Gasteiger partial charge in [-0.25, -0.2) is 4.39 Å². The zero-order valence-corrected chi connectivity index (χ0v) is 14.9. The number of nitrogens with one attached hydrogen (secondary N) is 1. The van der Waals surface area contributed by atoms with Crippen molar-refractivity contribution in [3.63, 3.8) is 0 Å². The summed E-state index contributed by atoms with van der Waals surface area (Å²) < 4.78 is 29.3. The van der Waals surface area contributed by atoms with Crippen LogP contribution in [-0.2, 0) is 17.0 Å². The van der Waals surface area contributed by atoms with Crippen molar-refractivity contribution in [3.05, 3.63) is 59.7 Å². The van der Waals surface area contributed by atoms with E-state index in [1.54, 1.807) is 24.3 Å². The first-order valence-electron chi connectivity index (χ1n) is 7.82. The van der Waals surface area contributed by atoms with Crippen LogP contribution >= 0.6 is 0 Å². The van der Waals surface area contributed by atoms with E-state index in [2.05, 4.69) is 4.72 Å². The molecule has 2 atom stereocenters. The summed E-state index contributed by atoms with van der Waals surface area (Å²) in [5.41, 5.74) is 1.46. The third-order valence-corrected chi connectivity index (χ3v) is 5.13. The maximum Gasteiger partial charge on any atom is 0.150 e. The minimum Gasteiger partial charge on any atom is -0.598 e. The van der Waals surface area contributed by atoms with E-state index < -0.39 is 17.0 Å². The maximum absolute atomic E-state index is 14.8. The van der Waals surface area contributed by atoms with Crippen LogP contribution in [0, 0.1) is 0 Å². The molecule has 0 saturated carbocycles. The van der Waals surface area contributed by atoms with Gasteiger partial charge in [-0.3, -0.25) is 4.79 Å². The third-order valence-electron chi connectivity index (χ3n) is 3.84. The summed E-state index contributed by atoms with van der Waals surface area (Å²) in [5, 5.41) is -0.0579. The number of rotatable bonds is 7. The summed E-state index contributed by atoms with van der Waals surface area (Å²) >= 11 is -1.25. The lowest BCUT2D eigenvalue weighted by Gasteiger charge is -2.23. The Morgan fingerprint density at radius 3 is 2.08 bits per heavy atom. The van der Waals surface area contributed by atoms with Gasteiger partial charge >= 0.3 is 0 Å². The van der Waals surface area contributed by atoms with Crippen molar-refractivity contribution in [1.82, 2.24) is 4.72 Å². The molecular formula is C19H22FNO2S. The summed E-state index contributed by atoms with van der Waals surface area (Å²) in [6.45, 7) is 5.11. The highest BCUT2D eigenvalue weighted by molar-refractivity contribution is 7.90. The lowest BCUT2D eigenvalue weighted by Crippen LogP contribution is -2.39. The Morgan fingerprint density at radius 1 is 1.12 bits per heavy atom. The van der Waals surface area contributed by atoms with Crippen molar-refractivity contribution >= 4 is 17.6 Å². The van der Waals surface area contributed by atoms with Gasteiger partial charge in [0, 0.05) is 16.9 Å². The summed E-state index contributed by atoms with van der Waals surface area (Å²) in [5.74, 6) is 0. The first kappa shape index (κ1) is 18.6. The predicted octanol–water partition coefficient (Wildman–Crippen LogP) is 4.01. The summed E-state index contributed by atoms with van der Waals surface area (Å²) in [6, 6.07) is 14.4.